The molecule has 0 saturated carbocycles. The fourth-order valence-corrected chi connectivity index (χ4v) is 4.16. The van der Waals surface area contributed by atoms with Crippen molar-refractivity contribution in [2.45, 2.75) is 57.2 Å². The average Bonchev–Trinajstić information content (AvgIpc) is 3.07. The summed E-state index contributed by atoms with van der Waals surface area (Å²) in [5.74, 6) is 0.519. The van der Waals surface area contributed by atoms with E-state index >= 15 is 0 Å². The van der Waals surface area contributed by atoms with Crippen LogP contribution < -0.4 is 10.6 Å². The largest absolute Gasteiger partial charge is 0.379 e. The number of hydrogen-bond donors (Lipinski definition) is 2. The van der Waals surface area contributed by atoms with Crippen molar-refractivity contribution in [3.63, 3.8) is 0 Å². The second-order valence-electron chi connectivity index (χ2n) is 8.09. The van der Waals surface area contributed by atoms with E-state index in [-0.39, 0.29) is 11.5 Å². The van der Waals surface area contributed by atoms with E-state index in [0.717, 1.165) is 19.6 Å². The van der Waals surface area contributed by atoms with Crippen LogP contribution in [0.4, 0.5) is 5.69 Å². The first-order valence-electron chi connectivity index (χ1n) is 8.81. The zero-order chi connectivity index (χ0) is 16.0. The normalized spacial score (nSPS) is 32.7. The summed E-state index contributed by atoms with van der Waals surface area (Å²) in [6, 6.07) is 7.62. The molecule has 0 amide bonds. The van der Waals surface area contributed by atoms with Gasteiger partial charge < -0.3 is 15.4 Å². The van der Waals surface area contributed by atoms with Crippen molar-refractivity contribution in [3.8, 4) is 0 Å². The summed E-state index contributed by atoms with van der Waals surface area (Å²) >= 11 is 0. The lowest BCUT2D eigenvalue weighted by Gasteiger charge is -2.45. The number of benzene rings is 1. The van der Waals surface area contributed by atoms with Gasteiger partial charge in [0.15, 0.2) is 0 Å². The first-order valence-corrected chi connectivity index (χ1v) is 8.81. The van der Waals surface area contributed by atoms with Crippen molar-refractivity contribution in [1.82, 2.24) is 5.32 Å². The molecule has 4 atom stereocenters. The molecule has 2 N–H and O–H groups in total. The molecule has 3 heterocycles. The minimum Gasteiger partial charge on any atom is -0.379 e. The molecule has 4 heteroatoms. The molecule has 0 aliphatic carbocycles. The molecule has 0 spiro atoms. The molecule has 0 aromatic heterocycles. The summed E-state index contributed by atoms with van der Waals surface area (Å²) < 4.78 is 6.26. The number of fused-ring (bicyclic) bond motifs is 3. The second kappa shape index (κ2) is 5.52. The Kier molecular flexibility index (Phi) is 3.60. The Morgan fingerprint density at radius 1 is 1.26 bits per heavy atom. The molecule has 1 unspecified atom stereocenters. The van der Waals surface area contributed by atoms with E-state index < -0.39 is 0 Å². The van der Waals surface area contributed by atoms with Gasteiger partial charge in [0.25, 0.3) is 0 Å². The van der Waals surface area contributed by atoms with E-state index in [1.165, 1.54) is 23.2 Å². The Labute approximate surface area is 138 Å². The number of rotatable bonds is 1. The first-order chi connectivity index (χ1) is 11.0. The van der Waals surface area contributed by atoms with E-state index in [0.29, 0.717) is 18.0 Å². The smallest absolute Gasteiger partial charge is 0.0893 e. The molecule has 1 saturated heterocycles. The number of aliphatic imine (C=N–C) groups is 1. The highest BCUT2D eigenvalue weighted by atomic mass is 16.5. The van der Waals surface area contributed by atoms with E-state index in [2.05, 4.69) is 54.6 Å². The Balaban J connectivity index is 1.71. The molecule has 1 aromatic rings. The van der Waals surface area contributed by atoms with Gasteiger partial charge in [0.2, 0.25) is 0 Å². The van der Waals surface area contributed by atoms with Crippen LogP contribution in [-0.4, -0.2) is 31.6 Å². The van der Waals surface area contributed by atoms with E-state index in [1.807, 2.05) is 6.34 Å². The molecule has 0 radical (unpaired) electrons. The molecule has 124 valence electrons. The van der Waals surface area contributed by atoms with Crippen LogP contribution in [0.3, 0.4) is 0 Å². The highest BCUT2D eigenvalue weighted by molar-refractivity contribution is 5.61. The second-order valence-corrected chi connectivity index (χ2v) is 8.09. The third-order valence-corrected chi connectivity index (χ3v) is 5.49. The highest BCUT2D eigenvalue weighted by Gasteiger charge is 2.43. The van der Waals surface area contributed by atoms with Crippen molar-refractivity contribution < 1.29 is 4.74 Å². The Morgan fingerprint density at radius 3 is 2.87 bits per heavy atom. The van der Waals surface area contributed by atoms with E-state index in [4.69, 9.17) is 4.74 Å². The maximum Gasteiger partial charge on any atom is 0.0893 e. The van der Waals surface area contributed by atoms with Gasteiger partial charge in [0, 0.05) is 23.8 Å². The van der Waals surface area contributed by atoms with Gasteiger partial charge in [-0.1, -0.05) is 32.9 Å². The molecular weight excluding hydrogens is 286 g/mol. The minimum absolute atomic E-state index is 0.164. The summed E-state index contributed by atoms with van der Waals surface area (Å²) in [6.45, 7) is 8.55. The summed E-state index contributed by atoms with van der Waals surface area (Å²) in [4.78, 5) is 4.36. The van der Waals surface area contributed by atoms with Crippen LogP contribution in [0.15, 0.2) is 23.2 Å². The summed E-state index contributed by atoms with van der Waals surface area (Å²) in [6.07, 6.45) is 4.44. The number of hydrogen-bond acceptors (Lipinski definition) is 4. The molecule has 0 bridgehead atoms. The molecule has 1 aromatic carbocycles. The van der Waals surface area contributed by atoms with Crippen molar-refractivity contribution in [1.29, 1.82) is 0 Å². The lowest BCUT2D eigenvalue weighted by Crippen LogP contribution is -2.52. The van der Waals surface area contributed by atoms with Gasteiger partial charge in [-0.25, -0.2) is 0 Å². The van der Waals surface area contributed by atoms with Gasteiger partial charge in [-0.15, -0.1) is 0 Å². The molecule has 4 nitrogen and oxygen atoms in total. The summed E-state index contributed by atoms with van der Waals surface area (Å²) in [5.41, 5.74) is 4.13. The van der Waals surface area contributed by atoms with Crippen LogP contribution in [0, 0.1) is 5.92 Å². The Hall–Kier alpha value is -1.55. The average molecular weight is 313 g/mol. The summed E-state index contributed by atoms with van der Waals surface area (Å²) in [5, 5.41) is 7.21. The third kappa shape index (κ3) is 2.63. The predicted octanol–water partition coefficient (Wildman–Crippen LogP) is 3.25. The monoisotopic (exact) mass is 313 g/mol. The van der Waals surface area contributed by atoms with Crippen molar-refractivity contribution in [2.75, 3.05) is 18.5 Å². The number of nitrogens with one attached hydrogen (secondary N) is 2. The van der Waals surface area contributed by atoms with Gasteiger partial charge in [-0.2, -0.15) is 0 Å². The van der Waals surface area contributed by atoms with Gasteiger partial charge in [-0.05, 0) is 29.9 Å². The fraction of sp³-hybridized carbons (Fsp3) is 0.632. The van der Waals surface area contributed by atoms with Crippen LogP contribution in [0.2, 0.25) is 0 Å². The maximum absolute atomic E-state index is 6.26. The molecule has 3 aliphatic heterocycles. The fourth-order valence-electron chi connectivity index (χ4n) is 4.16. The lowest BCUT2D eigenvalue weighted by atomic mass is 9.75. The number of nitrogens with zero attached hydrogens (tertiary/aromatic N) is 1. The van der Waals surface area contributed by atoms with Crippen LogP contribution >= 0.6 is 0 Å². The maximum atomic E-state index is 6.26. The molecule has 4 rings (SSSR count). The Morgan fingerprint density at radius 2 is 2.13 bits per heavy atom. The predicted molar refractivity (Wildman–Crippen MR) is 94.3 cm³/mol. The van der Waals surface area contributed by atoms with Crippen molar-refractivity contribution in [3.05, 3.63) is 29.3 Å². The number of ether oxygens (including phenoxy) is 1. The van der Waals surface area contributed by atoms with Crippen molar-refractivity contribution >= 4 is 12.0 Å². The molecular formula is C19H27N3O. The SMILES string of the molecule is CC(C)(C)c1ccc2c(c1)[C@H]1OCCC[C@H]1[C@H](C1CN=CN1)N2. The van der Waals surface area contributed by atoms with Crippen LogP contribution in [0.1, 0.15) is 50.8 Å². The molecule has 1 fully saturated rings. The number of anilines is 1. The van der Waals surface area contributed by atoms with Crippen molar-refractivity contribution in [2.24, 2.45) is 10.9 Å². The minimum atomic E-state index is 0.164. The van der Waals surface area contributed by atoms with Crippen LogP contribution in [0.25, 0.3) is 0 Å². The topological polar surface area (TPSA) is 45.6 Å². The standard InChI is InChI=1S/C19H27N3O/c1-19(2,3)12-6-7-15-14(9-12)18-13(5-4-8-23-18)17(22-15)16-10-20-11-21-16/h6-7,9,11,13,16-18,22H,4-5,8,10H2,1-3H3,(H,20,21)/t13-,16?,17+,18-/m0/s1. The van der Waals surface area contributed by atoms with E-state index in [1.54, 1.807) is 0 Å². The third-order valence-electron chi connectivity index (χ3n) is 5.49. The van der Waals surface area contributed by atoms with Gasteiger partial charge in [-0.3, -0.25) is 4.99 Å². The Bertz CT molecular complexity index is 612. The highest BCUT2D eigenvalue weighted by Crippen LogP contribution is 2.45. The van der Waals surface area contributed by atoms with Crippen LogP contribution in [-0.2, 0) is 10.2 Å². The molecule has 3 aliphatic rings. The molecule has 23 heavy (non-hydrogen) atoms. The summed E-state index contributed by atoms with van der Waals surface area (Å²) in [7, 11) is 0. The van der Waals surface area contributed by atoms with Gasteiger partial charge >= 0.3 is 0 Å². The first kappa shape index (κ1) is 15.0. The zero-order valence-electron chi connectivity index (χ0n) is 14.3. The lowest BCUT2D eigenvalue weighted by molar-refractivity contribution is -0.0403. The quantitative estimate of drug-likeness (QED) is 0.836. The van der Waals surface area contributed by atoms with Gasteiger partial charge in [0.1, 0.15) is 0 Å². The van der Waals surface area contributed by atoms with Gasteiger partial charge in [0.05, 0.1) is 31.1 Å². The van der Waals surface area contributed by atoms with E-state index in [9.17, 15) is 0 Å². The zero-order valence-corrected chi connectivity index (χ0v) is 14.3. The van der Waals surface area contributed by atoms with Crippen LogP contribution in [0.5, 0.6) is 0 Å².